The standard InChI is InChI=1S/C27H35ClF2N6O3/c1-25(2,3)39-24(37)34-9-6-26(7-10-34)14-35(15-26)22-18-12-31-21(28)19(30)20(18)32-23(33-22)38-16-27-5-4-8-36(27)13-17(29)11-27/h12,17H,4-11,13-16H2,1-3H3/t17-,27+/m1/s1. The Labute approximate surface area is 231 Å². The quantitative estimate of drug-likeness (QED) is 0.498. The van der Waals surface area contributed by atoms with Crippen LogP contribution in [0.2, 0.25) is 5.15 Å². The second-order valence-corrected chi connectivity index (χ2v) is 13.0. The Balaban J connectivity index is 1.19. The largest absolute Gasteiger partial charge is 0.461 e. The van der Waals surface area contributed by atoms with E-state index < -0.39 is 17.6 Å². The van der Waals surface area contributed by atoms with Gasteiger partial charge in [0.25, 0.3) is 0 Å². The minimum atomic E-state index is -0.872. The highest BCUT2D eigenvalue weighted by atomic mass is 35.5. The summed E-state index contributed by atoms with van der Waals surface area (Å²) >= 11 is 5.99. The van der Waals surface area contributed by atoms with Crippen LogP contribution in [0.3, 0.4) is 0 Å². The van der Waals surface area contributed by atoms with Gasteiger partial charge in [0.2, 0.25) is 0 Å². The van der Waals surface area contributed by atoms with Crippen molar-refractivity contribution in [2.75, 3.05) is 50.8 Å². The van der Waals surface area contributed by atoms with Crippen LogP contribution in [0.25, 0.3) is 10.9 Å². The van der Waals surface area contributed by atoms with Crippen LogP contribution in [-0.2, 0) is 4.74 Å². The van der Waals surface area contributed by atoms with Crippen LogP contribution in [0.1, 0.15) is 52.9 Å². The first-order valence-electron chi connectivity index (χ1n) is 13.7. The van der Waals surface area contributed by atoms with Gasteiger partial charge >= 0.3 is 12.1 Å². The summed E-state index contributed by atoms with van der Waals surface area (Å²) in [6.45, 7) is 9.80. The molecule has 4 aliphatic rings. The number of aromatic nitrogens is 3. The first-order valence-corrected chi connectivity index (χ1v) is 14.1. The third-order valence-electron chi connectivity index (χ3n) is 8.66. The highest BCUT2D eigenvalue weighted by Gasteiger charge is 2.50. The molecule has 6 heterocycles. The number of carbonyl (C=O) groups is 1. The molecule has 0 aromatic carbocycles. The van der Waals surface area contributed by atoms with E-state index in [1.807, 2.05) is 20.8 Å². The number of carbonyl (C=O) groups excluding carboxylic acids is 1. The molecule has 2 aromatic heterocycles. The van der Waals surface area contributed by atoms with Crippen molar-refractivity contribution in [1.82, 2.24) is 24.8 Å². The van der Waals surface area contributed by atoms with Gasteiger partial charge in [-0.1, -0.05) is 11.6 Å². The van der Waals surface area contributed by atoms with Gasteiger partial charge in [0.1, 0.15) is 29.7 Å². The Morgan fingerprint density at radius 2 is 1.92 bits per heavy atom. The summed E-state index contributed by atoms with van der Waals surface area (Å²) in [5, 5.41) is 0.208. The van der Waals surface area contributed by atoms with E-state index in [-0.39, 0.29) is 40.3 Å². The number of likely N-dealkylation sites (tertiary alicyclic amines) is 1. The average Bonchev–Trinajstić information content (AvgIpc) is 3.38. The molecule has 1 spiro atoms. The predicted octanol–water partition coefficient (Wildman–Crippen LogP) is 4.61. The molecular formula is C27H35ClF2N6O3. The second-order valence-electron chi connectivity index (χ2n) is 12.6. The Hall–Kier alpha value is -2.53. The van der Waals surface area contributed by atoms with Gasteiger partial charge in [0.05, 0.1) is 10.9 Å². The van der Waals surface area contributed by atoms with Crippen LogP contribution in [0, 0.1) is 11.2 Å². The number of hydrogen-bond acceptors (Lipinski definition) is 8. The first kappa shape index (κ1) is 26.7. The number of fused-ring (bicyclic) bond motifs is 2. The number of halogens is 3. The molecule has 0 saturated carbocycles. The molecule has 4 saturated heterocycles. The summed E-state index contributed by atoms with van der Waals surface area (Å²) in [7, 11) is 0. The molecule has 9 nitrogen and oxygen atoms in total. The van der Waals surface area contributed by atoms with Crippen LogP contribution < -0.4 is 9.64 Å². The molecule has 1 amide bonds. The molecule has 2 aromatic rings. The Kier molecular flexibility index (Phi) is 6.53. The van der Waals surface area contributed by atoms with Crippen LogP contribution >= 0.6 is 11.6 Å². The maximum Gasteiger partial charge on any atom is 0.410 e. The number of nitrogens with zero attached hydrogens (tertiary/aromatic N) is 6. The van der Waals surface area contributed by atoms with Crippen molar-refractivity contribution >= 4 is 34.4 Å². The van der Waals surface area contributed by atoms with Crippen LogP contribution in [0.5, 0.6) is 6.01 Å². The summed E-state index contributed by atoms with van der Waals surface area (Å²) in [6, 6.07) is 0.0582. The van der Waals surface area contributed by atoms with E-state index in [2.05, 4.69) is 19.8 Å². The zero-order chi connectivity index (χ0) is 27.6. The van der Waals surface area contributed by atoms with E-state index >= 15 is 4.39 Å². The summed E-state index contributed by atoms with van der Waals surface area (Å²) in [5.41, 5.74) is -0.792. The smallest absolute Gasteiger partial charge is 0.410 e. The van der Waals surface area contributed by atoms with Gasteiger partial charge in [0, 0.05) is 50.8 Å². The SMILES string of the molecule is CC(C)(C)OC(=O)N1CCC2(CC1)CN(c1nc(OC[C@@]34CCCN3C[C@H](F)C4)nc3c(F)c(Cl)ncc13)C2. The van der Waals surface area contributed by atoms with Gasteiger partial charge in [-0.15, -0.1) is 0 Å². The van der Waals surface area contributed by atoms with E-state index in [9.17, 15) is 9.18 Å². The van der Waals surface area contributed by atoms with Crippen molar-refractivity contribution in [3.8, 4) is 6.01 Å². The Morgan fingerprint density at radius 3 is 2.64 bits per heavy atom. The average molecular weight is 565 g/mol. The molecule has 12 heteroatoms. The monoisotopic (exact) mass is 564 g/mol. The Bertz CT molecular complexity index is 1280. The van der Waals surface area contributed by atoms with Crippen molar-refractivity contribution in [2.45, 2.75) is 70.2 Å². The van der Waals surface area contributed by atoms with Gasteiger partial charge in [-0.05, 0) is 53.0 Å². The normalized spacial score (nSPS) is 26.7. The van der Waals surface area contributed by atoms with Crippen molar-refractivity contribution in [3.05, 3.63) is 17.2 Å². The lowest BCUT2D eigenvalue weighted by molar-refractivity contribution is 0.00590. The number of pyridine rings is 1. The molecule has 0 bridgehead atoms. The summed E-state index contributed by atoms with van der Waals surface area (Å²) in [6.07, 6.45) is 4.31. The third-order valence-corrected chi connectivity index (χ3v) is 8.92. The Morgan fingerprint density at radius 1 is 1.18 bits per heavy atom. The van der Waals surface area contributed by atoms with Gasteiger partial charge < -0.3 is 19.3 Å². The van der Waals surface area contributed by atoms with Gasteiger partial charge in [-0.2, -0.15) is 9.97 Å². The molecule has 2 atom stereocenters. The zero-order valence-electron chi connectivity index (χ0n) is 22.7. The topological polar surface area (TPSA) is 83.9 Å². The number of ether oxygens (including phenoxy) is 2. The molecule has 39 heavy (non-hydrogen) atoms. The molecule has 6 rings (SSSR count). The van der Waals surface area contributed by atoms with E-state index in [0.717, 1.165) is 32.2 Å². The van der Waals surface area contributed by atoms with Crippen molar-refractivity contribution in [2.24, 2.45) is 5.41 Å². The van der Waals surface area contributed by atoms with Gasteiger partial charge in [-0.25, -0.2) is 18.6 Å². The fourth-order valence-corrected chi connectivity index (χ4v) is 6.81. The fraction of sp³-hybridized carbons (Fsp3) is 0.704. The number of amides is 1. The first-order chi connectivity index (χ1) is 18.5. The third kappa shape index (κ3) is 4.96. The van der Waals surface area contributed by atoms with E-state index in [0.29, 0.717) is 50.3 Å². The molecule has 4 fully saturated rings. The zero-order valence-corrected chi connectivity index (χ0v) is 23.4. The van der Waals surface area contributed by atoms with E-state index in [4.69, 9.17) is 26.1 Å². The van der Waals surface area contributed by atoms with Crippen molar-refractivity contribution in [1.29, 1.82) is 0 Å². The molecule has 0 unspecified atom stereocenters. The lowest BCUT2D eigenvalue weighted by Crippen LogP contribution is -2.61. The summed E-state index contributed by atoms with van der Waals surface area (Å²) < 4.78 is 40.9. The van der Waals surface area contributed by atoms with Crippen LogP contribution in [0.4, 0.5) is 19.4 Å². The second kappa shape index (κ2) is 9.54. The maximum absolute atomic E-state index is 15.1. The molecule has 0 N–H and O–H groups in total. The number of hydrogen-bond donors (Lipinski definition) is 0. The van der Waals surface area contributed by atoms with Crippen LogP contribution in [-0.4, -0.2) is 94.0 Å². The van der Waals surface area contributed by atoms with E-state index in [1.54, 1.807) is 4.90 Å². The fourth-order valence-electron chi connectivity index (χ4n) is 6.67. The predicted molar refractivity (Wildman–Crippen MR) is 143 cm³/mol. The van der Waals surface area contributed by atoms with Crippen LogP contribution in [0.15, 0.2) is 6.20 Å². The highest BCUT2D eigenvalue weighted by molar-refractivity contribution is 6.30. The van der Waals surface area contributed by atoms with Crippen molar-refractivity contribution in [3.63, 3.8) is 0 Å². The maximum atomic E-state index is 15.1. The minimum absolute atomic E-state index is 0.0402. The lowest BCUT2D eigenvalue weighted by atomic mass is 9.72. The summed E-state index contributed by atoms with van der Waals surface area (Å²) in [5.74, 6) is -0.164. The molecule has 4 aliphatic heterocycles. The molecule has 0 aliphatic carbocycles. The van der Waals surface area contributed by atoms with Gasteiger partial charge in [0.15, 0.2) is 11.0 Å². The molecular weight excluding hydrogens is 530 g/mol. The lowest BCUT2D eigenvalue weighted by Gasteiger charge is -2.54. The molecule has 0 radical (unpaired) electrons. The van der Waals surface area contributed by atoms with Gasteiger partial charge in [-0.3, -0.25) is 4.90 Å². The van der Waals surface area contributed by atoms with E-state index in [1.165, 1.54) is 6.20 Å². The summed E-state index contributed by atoms with van der Waals surface area (Å²) in [4.78, 5) is 31.5. The highest BCUT2D eigenvalue weighted by Crippen LogP contribution is 2.45. The number of rotatable bonds is 4. The minimum Gasteiger partial charge on any atom is -0.461 e. The number of anilines is 1. The number of alkyl halides is 1. The number of piperidine rings is 1. The molecule has 212 valence electrons. The van der Waals surface area contributed by atoms with Crippen molar-refractivity contribution < 1.29 is 23.0 Å².